The molecular formula is C14H10BrClFNOS. The predicted octanol–water partition coefficient (Wildman–Crippen LogP) is 5.22. The summed E-state index contributed by atoms with van der Waals surface area (Å²) in [5, 5.41) is 2.84. The normalized spacial score (nSPS) is 10.4. The summed E-state index contributed by atoms with van der Waals surface area (Å²) in [6.07, 6.45) is 1.90. The summed E-state index contributed by atoms with van der Waals surface area (Å²) in [4.78, 5) is 13.1. The van der Waals surface area contributed by atoms with E-state index < -0.39 is 5.82 Å². The van der Waals surface area contributed by atoms with E-state index in [1.807, 2.05) is 18.4 Å². The molecule has 0 aromatic heterocycles. The van der Waals surface area contributed by atoms with Gasteiger partial charge in [-0.25, -0.2) is 4.39 Å². The maximum Gasteiger partial charge on any atom is 0.256 e. The monoisotopic (exact) mass is 373 g/mol. The first-order valence-electron chi connectivity index (χ1n) is 5.62. The van der Waals surface area contributed by atoms with Crippen LogP contribution in [-0.2, 0) is 0 Å². The van der Waals surface area contributed by atoms with Crippen LogP contribution in [0.15, 0.2) is 45.8 Å². The second-order valence-corrected chi connectivity index (χ2v) is 6.01. The smallest absolute Gasteiger partial charge is 0.256 e. The zero-order valence-corrected chi connectivity index (χ0v) is 13.6. The van der Waals surface area contributed by atoms with Crippen molar-refractivity contribution < 1.29 is 9.18 Å². The zero-order valence-electron chi connectivity index (χ0n) is 10.4. The van der Waals surface area contributed by atoms with E-state index in [4.69, 9.17) is 11.6 Å². The fourth-order valence-electron chi connectivity index (χ4n) is 1.67. The van der Waals surface area contributed by atoms with Crippen LogP contribution in [0.1, 0.15) is 10.4 Å². The number of halogens is 3. The Kier molecular flexibility index (Phi) is 5.07. The molecule has 0 saturated carbocycles. The highest BCUT2D eigenvalue weighted by Gasteiger charge is 2.15. The van der Waals surface area contributed by atoms with E-state index in [1.165, 1.54) is 17.8 Å². The SMILES string of the molecule is CSc1ccccc1C(=O)Nc1c(Cl)cc(F)cc1Br. The van der Waals surface area contributed by atoms with Gasteiger partial charge in [-0.3, -0.25) is 4.79 Å². The van der Waals surface area contributed by atoms with Gasteiger partial charge < -0.3 is 5.32 Å². The standard InChI is InChI=1S/C14H10BrClFNOS/c1-20-12-5-3-2-4-9(12)14(19)18-13-10(15)6-8(17)7-11(13)16/h2-7H,1H3,(H,18,19). The molecule has 0 heterocycles. The Balaban J connectivity index is 2.33. The van der Waals surface area contributed by atoms with Crippen molar-refractivity contribution in [2.45, 2.75) is 4.90 Å². The quantitative estimate of drug-likeness (QED) is 0.747. The molecule has 0 aliphatic carbocycles. The van der Waals surface area contributed by atoms with Crippen molar-refractivity contribution >= 4 is 50.9 Å². The Hall–Kier alpha value is -1.04. The lowest BCUT2D eigenvalue weighted by molar-refractivity contribution is 0.102. The molecule has 0 aliphatic heterocycles. The van der Waals surface area contributed by atoms with E-state index in [0.717, 1.165) is 11.0 Å². The highest BCUT2D eigenvalue weighted by atomic mass is 79.9. The van der Waals surface area contributed by atoms with Crippen molar-refractivity contribution in [3.8, 4) is 0 Å². The number of hydrogen-bond acceptors (Lipinski definition) is 2. The van der Waals surface area contributed by atoms with Gasteiger partial charge in [-0.15, -0.1) is 11.8 Å². The van der Waals surface area contributed by atoms with E-state index >= 15 is 0 Å². The molecule has 0 aliphatic rings. The molecule has 0 bridgehead atoms. The van der Waals surface area contributed by atoms with Gasteiger partial charge in [-0.05, 0) is 46.5 Å². The van der Waals surface area contributed by atoms with Crippen LogP contribution in [0.4, 0.5) is 10.1 Å². The lowest BCUT2D eigenvalue weighted by Crippen LogP contribution is -2.13. The van der Waals surface area contributed by atoms with Crippen LogP contribution < -0.4 is 5.32 Å². The largest absolute Gasteiger partial charge is 0.320 e. The molecule has 2 rings (SSSR count). The number of carbonyl (C=O) groups is 1. The third-order valence-electron chi connectivity index (χ3n) is 2.60. The number of benzene rings is 2. The van der Waals surface area contributed by atoms with Crippen molar-refractivity contribution in [1.82, 2.24) is 0 Å². The molecule has 0 atom stereocenters. The van der Waals surface area contributed by atoms with Gasteiger partial charge in [0.2, 0.25) is 0 Å². The minimum absolute atomic E-state index is 0.145. The third kappa shape index (κ3) is 3.34. The minimum Gasteiger partial charge on any atom is -0.320 e. The Morgan fingerprint density at radius 2 is 2.05 bits per heavy atom. The average Bonchev–Trinajstić information content (AvgIpc) is 2.42. The van der Waals surface area contributed by atoms with Crippen LogP contribution in [0, 0.1) is 5.82 Å². The molecule has 104 valence electrons. The number of amides is 1. The molecule has 1 N–H and O–H groups in total. The van der Waals surface area contributed by atoms with Gasteiger partial charge in [0.05, 0.1) is 16.3 Å². The molecule has 20 heavy (non-hydrogen) atoms. The number of thioether (sulfide) groups is 1. The van der Waals surface area contributed by atoms with Crippen molar-refractivity contribution in [1.29, 1.82) is 0 Å². The molecule has 0 radical (unpaired) electrons. The molecule has 2 aromatic rings. The molecule has 2 nitrogen and oxygen atoms in total. The highest BCUT2D eigenvalue weighted by molar-refractivity contribution is 9.10. The zero-order chi connectivity index (χ0) is 14.7. The van der Waals surface area contributed by atoms with Crippen molar-refractivity contribution in [2.75, 3.05) is 11.6 Å². The van der Waals surface area contributed by atoms with E-state index in [0.29, 0.717) is 15.7 Å². The minimum atomic E-state index is -0.468. The first kappa shape index (κ1) is 15.4. The van der Waals surface area contributed by atoms with Crippen LogP contribution >= 0.6 is 39.3 Å². The summed E-state index contributed by atoms with van der Waals surface area (Å²) in [6.45, 7) is 0. The Morgan fingerprint density at radius 3 is 2.70 bits per heavy atom. The van der Waals surface area contributed by atoms with Gasteiger partial charge >= 0.3 is 0 Å². The van der Waals surface area contributed by atoms with Crippen LogP contribution in [0.25, 0.3) is 0 Å². The van der Waals surface area contributed by atoms with Gasteiger partial charge in [0.1, 0.15) is 5.82 Å². The second-order valence-electron chi connectivity index (χ2n) is 3.90. The maximum absolute atomic E-state index is 13.2. The molecular weight excluding hydrogens is 365 g/mol. The van der Waals surface area contributed by atoms with Crippen LogP contribution in [0.3, 0.4) is 0 Å². The van der Waals surface area contributed by atoms with Crippen LogP contribution in [0.2, 0.25) is 5.02 Å². The van der Waals surface area contributed by atoms with Gasteiger partial charge in [-0.2, -0.15) is 0 Å². The molecule has 6 heteroatoms. The topological polar surface area (TPSA) is 29.1 Å². The fourth-order valence-corrected chi connectivity index (χ4v) is 3.17. The number of hydrogen-bond donors (Lipinski definition) is 1. The number of nitrogens with one attached hydrogen (secondary N) is 1. The number of carbonyl (C=O) groups excluding carboxylic acids is 1. The highest BCUT2D eigenvalue weighted by Crippen LogP contribution is 2.32. The molecule has 2 aromatic carbocycles. The Bertz CT molecular complexity index is 642. The van der Waals surface area contributed by atoms with Crippen molar-refractivity contribution in [2.24, 2.45) is 0 Å². The van der Waals surface area contributed by atoms with Gasteiger partial charge in [0.15, 0.2) is 0 Å². The van der Waals surface area contributed by atoms with Gasteiger partial charge in [0.25, 0.3) is 5.91 Å². The lowest BCUT2D eigenvalue weighted by atomic mass is 10.2. The summed E-state index contributed by atoms with van der Waals surface area (Å²) >= 11 is 10.6. The lowest BCUT2D eigenvalue weighted by Gasteiger charge is -2.11. The molecule has 0 saturated heterocycles. The molecule has 1 amide bonds. The number of anilines is 1. The second kappa shape index (κ2) is 6.61. The summed E-state index contributed by atoms with van der Waals surface area (Å²) < 4.78 is 13.6. The van der Waals surface area contributed by atoms with Crippen molar-refractivity contribution in [3.63, 3.8) is 0 Å². The summed E-state index contributed by atoms with van der Waals surface area (Å²) in [5.74, 6) is -0.756. The summed E-state index contributed by atoms with van der Waals surface area (Å²) in [7, 11) is 0. The molecule has 0 fully saturated rings. The summed E-state index contributed by atoms with van der Waals surface area (Å²) in [5.41, 5.74) is 0.904. The van der Waals surface area contributed by atoms with E-state index in [9.17, 15) is 9.18 Å². The Labute approximate surface area is 133 Å². The maximum atomic E-state index is 13.2. The average molecular weight is 375 g/mol. The molecule has 0 unspecified atom stereocenters. The fraction of sp³-hybridized carbons (Fsp3) is 0.0714. The van der Waals surface area contributed by atoms with E-state index in [-0.39, 0.29) is 10.9 Å². The van der Waals surface area contributed by atoms with Gasteiger partial charge in [-0.1, -0.05) is 23.7 Å². The third-order valence-corrected chi connectivity index (χ3v) is 4.32. The molecule has 0 spiro atoms. The Morgan fingerprint density at radius 1 is 1.35 bits per heavy atom. The summed E-state index contributed by atoms with van der Waals surface area (Å²) in [6, 6.07) is 9.65. The number of rotatable bonds is 3. The predicted molar refractivity (Wildman–Crippen MR) is 85.3 cm³/mol. The van der Waals surface area contributed by atoms with Crippen LogP contribution in [0.5, 0.6) is 0 Å². The first-order valence-corrected chi connectivity index (χ1v) is 8.01. The van der Waals surface area contributed by atoms with Crippen molar-refractivity contribution in [3.05, 3.63) is 57.3 Å². The van der Waals surface area contributed by atoms with E-state index in [2.05, 4.69) is 21.2 Å². The van der Waals surface area contributed by atoms with Crippen LogP contribution in [-0.4, -0.2) is 12.2 Å². The van der Waals surface area contributed by atoms with E-state index in [1.54, 1.807) is 12.1 Å². The first-order chi connectivity index (χ1) is 9.52. The van der Waals surface area contributed by atoms with Gasteiger partial charge in [0, 0.05) is 9.37 Å².